The molecule has 2 rings (SSSR count). The zero-order chi connectivity index (χ0) is 12.1. The van der Waals surface area contributed by atoms with Gasteiger partial charge < -0.3 is 0 Å². The Morgan fingerprint density at radius 2 is 2.06 bits per heavy atom. The Hall–Kier alpha value is -1.61. The molecule has 90 valence electrons. The molecule has 1 heterocycles. The molecule has 0 aliphatic rings. The lowest BCUT2D eigenvalue weighted by atomic mass is 10.2. The van der Waals surface area contributed by atoms with Crippen LogP contribution in [0.2, 0.25) is 0 Å². The van der Waals surface area contributed by atoms with Crippen molar-refractivity contribution in [3.63, 3.8) is 0 Å². The number of imidazole rings is 1. The van der Waals surface area contributed by atoms with Crippen molar-refractivity contribution in [1.82, 2.24) is 9.88 Å². The first kappa shape index (κ1) is 11.9. The second-order valence-corrected chi connectivity index (χ2v) is 4.23. The summed E-state index contributed by atoms with van der Waals surface area (Å²) in [6.45, 7) is 3.11. The molecule has 1 N–H and O–H groups in total. The summed E-state index contributed by atoms with van der Waals surface area (Å²) in [5.74, 6) is 0. The number of hydrogen-bond donors (Lipinski definition) is 1. The molecule has 3 nitrogen and oxygen atoms in total. The van der Waals surface area contributed by atoms with Crippen molar-refractivity contribution >= 4 is 0 Å². The molecule has 1 aromatic heterocycles. The Morgan fingerprint density at radius 3 is 2.71 bits per heavy atom. The molecule has 0 saturated heterocycles. The highest BCUT2D eigenvalue weighted by atomic mass is 15.2. The predicted molar refractivity (Wildman–Crippen MR) is 68.6 cm³/mol. The minimum atomic E-state index is 0.382. The summed E-state index contributed by atoms with van der Waals surface area (Å²) in [4.78, 5) is 0. The van der Waals surface area contributed by atoms with E-state index in [0.29, 0.717) is 6.17 Å². The molecule has 0 radical (unpaired) electrons. The Morgan fingerprint density at radius 1 is 1.29 bits per heavy atom. The third kappa shape index (κ3) is 2.94. The molecule has 0 bridgehead atoms. The first-order valence-electron chi connectivity index (χ1n) is 6.11. The molecule has 2 aromatic rings. The first-order valence-corrected chi connectivity index (χ1v) is 6.11. The van der Waals surface area contributed by atoms with Crippen molar-refractivity contribution in [2.45, 2.75) is 26.1 Å². The Kier molecular flexibility index (Phi) is 3.94. The maximum Gasteiger partial charge on any atom is 0.245 e. The van der Waals surface area contributed by atoms with Gasteiger partial charge in [-0.2, -0.15) is 0 Å². The van der Waals surface area contributed by atoms with E-state index in [-0.39, 0.29) is 0 Å². The van der Waals surface area contributed by atoms with E-state index in [2.05, 4.69) is 64.4 Å². The average Bonchev–Trinajstić information content (AvgIpc) is 2.81. The van der Waals surface area contributed by atoms with Gasteiger partial charge in [-0.3, -0.25) is 5.32 Å². The average molecular weight is 230 g/mol. The molecule has 0 aliphatic heterocycles. The topological polar surface area (TPSA) is 20.8 Å². The smallest absolute Gasteiger partial charge is 0.245 e. The first-order chi connectivity index (χ1) is 8.33. The highest BCUT2D eigenvalue weighted by molar-refractivity contribution is 5.13. The quantitative estimate of drug-likeness (QED) is 0.779. The summed E-state index contributed by atoms with van der Waals surface area (Å²) in [5, 5.41) is 3.29. The fraction of sp³-hybridized carbons (Fsp3) is 0.357. The van der Waals surface area contributed by atoms with Gasteiger partial charge in [0, 0.05) is 0 Å². The molecule has 1 aromatic carbocycles. The van der Waals surface area contributed by atoms with Crippen molar-refractivity contribution < 1.29 is 4.57 Å². The number of aromatic nitrogens is 2. The van der Waals surface area contributed by atoms with Crippen LogP contribution in [0, 0.1) is 0 Å². The number of rotatable bonds is 5. The predicted octanol–water partition coefficient (Wildman–Crippen LogP) is 1.95. The van der Waals surface area contributed by atoms with Crippen molar-refractivity contribution in [3.8, 4) is 0 Å². The molecule has 0 amide bonds. The van der Waals surface area contributed by atoms with Gasteiger partial charge >= 0.3 is 0 Å². The second-order valence-electron chi connectivity index (χ2n) is 4.23. The lowest BCUT2D eigenvalue weighted by Crippen LogP contribution is -2.32. The number of nitrogens with zero attached hydrogens (tertiary/aromatic N) is 2. The minimum absolute atomic E-state index is 0.382. The molecule has 0 saturated carbocycles. The van der Waals surface area contributed by atoms with E-state index in [1.165, 1.54) is 5.56 Å². The summed E-state index contributed by atoms with van der Waals surface area (Å²) in [6.07, 6.45) is 7.85. The van der Waals surface area contributed by atoms with Crippen LogP contribution < -0.4 is 9.88 Å². The minimum Gasteiger partial charge on any atom is -0.282 e. The largest absolute Gasteiger partial charge is 0.282 e. The monoisotopic (exact) mass is 230 g/mol. The van der Waals surface area contributed by atoms with Gasteiger partial charge in [-0.25, -0.2) is 9.13 Å². The van der Waals surface area contributed by atoms with Crippen LogP contribution in [-0.4, -0.2) is 11.6 Å². The third-order valence-corrected chi connectivity index (χ3v) is 3.00. The molecule has 0 aliphatic carbocycles. The summed E-state index contributed by atoms with van der Waals surface area (Å²) >= 11 is 0. The molecule has 1 atom stereocenters. The summed E-state index contributed by atoms with van der Waals surface area (Å²) < 4.78 is 4.41. The molecule has 0 fully saturated rings. The lowest BCUT2D eigenvalue weighted by Gasteiger charge is -2.08. The van der Waals surface area contributed by atoms with Gasteiger partial charge in [0.05, 0.1) is 0 Å². The van der Waals surface area contributed by atoms with Crippen LogP contribution in [0.15, 0.2) is 49.1 Å². The van der Waals surface area contributed by atoms with Crippen molar-refractivity contribution in [1.29, 1.82) is 0 Å². The van der Waals surface area contributed by atoms with Gasteiger partial charge in [-0.05, 0) is 19.0 Å². The van der Waals surface area contributed by atoms with Crippen LogP contribution in [0.4, 0.5) is 0 Å². The van der Waals surface area contributed by atoms with Crippen LogP contribution in [0.1, 0.15) is 25.1 Å². The summed E-state index contributed by atoms with van der Waals surface area (Å²) in [5.41, 5.74) is 1.33. The van der Waals surface area contributed by atoms with Gasteiger partial charge in [0.2, 0.25) is 6.33 Å². The van der Waals surface area contributed by atoms with Crippen LogP contribution in [-0.2, 0) is 6.54 Å². The zero-order valence-electron chi connectivity index (χ0n) is 10.5. The summed E-state index contributed by atoms with van der Waals surface area (Å²) in [6, 6.07) is 10.5. The van der Waals surface area contributed by atoms with E-state index in [9.17, 15) is 0 Å². The van der Waals surface area contributed by atoms with Gasteiger partial charge in [-0.1, -0.05) is 37.3 Å². The Labute approximate surface area is 103 Å². The zero-order valence-corrected chi connectivity index (χ0v) is 10.5. The molecule has 3 heteroatoms. The number of hydrogen-bond acceptors (Lipinski definition) is 1. The maximum absolute atomic E-state index is 3.29. The van der Waals surface area contributed by atoms with E-state index in [1.807, 2.05) is 13.1 Å². The lowest BCUT2D eigenvalue weighted by molar-refractivity contribution is -0.688. The van der Waals surface area contributed by atoms with Crippen molar-refractivity contribution in [3.05, 3.63) is 54.6 Å². The normalized spacial score (nSPS) is 12.6. The van der Waals surface area contributed by atoms with Crippen LogP contribution in [0.3, 0.4) is 0 Å². The SMILES string of the molecule is CCC(NC)n1cc[n+](Cc2ccccc2)c1. The van der Waals surface area contributed by atoms with Crippen molar-refractivity contribution in [2.24, 2.45) is 0 Å². The molecule has 0 spiro atoms. The van der Waals surface area contributed by atoms with E-state index >= 15 is 0 Å². The summed E-state index contributed by atoms with van der Waals surface area (Å²) in [7, 11) is 2.00. The van der Waals surface area contributed by atoms with Crippen LogP contribution in [0.5, 0.6) is 0 Å². The molecule has 17 heavy (non-hydrogen) atoms. The molecular formula is C14H20N3+. The highest BCUT2D eigenvalue weighted by Crippen LogP contribution is 2.05. The highest BCUT2D eigenvalue weighted by Gasteiger charge is 2.12. The molecule has 1 unspecified atom stereocenters. The van der Waals surface area contributed by atoms with E-state index in [4.69, 9.17) is 0 Å². The van der Waals surface area contributed by atoms with E-state index < -0.39 is 0 Å². The number of nitrogens with one attached hydrogen (secondary N) is 1. The third-order valence-electron chi connectivity index (χ3n) is 3.00. The van der Waals surface area contributed by atoms with Gasteiger partial charge in [0.25, 0.3) is 0 Å². The standard InChI is InChI=1S/C14H20N3/c1-3-14(15-2)17-10-9-16(12-17)11-13-7-5-4-6-8-13/h4-10,12,14-15H,3,11H2,1-2H3/q+1. The fourth-order valence-corrected chi connectivity index (χ4v) is 2.05. The van der Waals surface area contributed by atoms with Crippen LogP contribution in [0.25, 0.3) is 0 Å². The van der Waals surface area contributed by atoms with E-state index in [1.54, 1.807) is 0 Å². The Bertz CT molecular complexity index is 444. The van der Waals surface area contributed by atoms with Gasteiger partial charge in [0.15, 0.2) is 6.17 Å². The van der Waals surface area contributed by atoms with Gasteiger partial charge in [0.1, 0.15) is 18.9 Å². The second kappa shape index (κ2) is 5.64. The van der Waals surface area contributed by atoms with Gasteiger partial charge in [-0.15, -0.1) is 0 Å². The fourth-order valence-electron chi connectivity index (χ4n) is 2.05. The van der Waals surface area contributed by atoms with E-state index in [0.717, 1.165) is 13.0 Å². The number of benzene rings is 1. The molecular weight excluding hydrogens is 210 g/mol. The van der Waals surface area contributed by atoms with Crippen LogP contribution >= 0.6 is 0 Å². The van der Waals surface area contributed by atoms with Crippen molar-refractivity contribution in [2.75, 3.05) is 7.05 Å². The Balaban J connectivity index is 2.08. The maximum atomic E-state index is 3.29.